The van der Waals surface area contributed by atoms with E-state index in [4.69, 9.17) is 16.7 Å². The molecule has 1 N–H and O–H groups in total. The van der Waals surface area contributed by atoms with E-state index in [0.29, 0.717) is 32.5 Å². The van der Waals surface area contributed by atoms with Gasteiger partial charge in [-0.2, -0.15) is 4.31 Å². The SMILES string of the molecule is CN(C)CCCN(C1CCN(C(=O)O)CC1)S(=O)(=O)CCl. The number of carboxylic acid groups (broad SMARTS) is 1. The molecule has 0 atom stereocenters. The molecule has 1 amide bonds. The molecule has 124 valence electrons. The highest BCUT2D eigenvalue weighted by atomic mass is 35.5. The maximum Gasteiger partial charge on any atom is 0.407 e. The van der Waals surface area contributed by atoms with Gasteiger partial charge in [-0.3, -0.25) is 0 Å². The Morgan fingerprint density at radius 2 is 1.86 bits per heavy atom. The van der Waals surface area contributed by atoms with Gasteiger partial charge >= 0.3 is 6.09 Å². The highest BCUT2D eigenvalue weighted by Crippen LogP contribution is 2.21. The van der Waals surface area contributed by atoms with Crippen LogP contribution in [-0.4, -0.2) is 85.3 Å². The lowest BCUT2D eigenvalue weighted by molar-refractivity contribution is 0.118. The second-order valence-corrected chi connectivity index (χ2v) is 8.00. The number of sulfonamides is 1. The molecule has 0 aromatic carbocycles. The molecule has 0 radical (unpaired) electrons. The number of piperidine rings is 1. The summed E-state index contributed by atoms with van der Waals surface area (Å²) in [5, 5.41) is 8.50. The number of halogens is 1. The molecule has 1 saturated heterocycles. The summed E-state index contributed by atoms with van der Waals surface area (Å²) in [5.41, 5.74) is 0. The summed E-state index contributed by atoms with van der Waals surface area (Å²) in [5.74, 6) is 0. The number of rotatable bonds is 7. The predicted molar refractivity (Wildman–Crippen MR) is 82.1 cm³/mol. The average Bonchev–Trinajstić information content (AvgIpc) is 2.43. The van der Waals surface area contributed by atoms with Gasteiger partial charge in [0.15, 0.2) is 0 Å². The zero-order valence-electron chi connectivity index (χ0n) is 12.5. The highest BCUT2D eigenvalue weighted by Gasteiger charge is 2.32. The number of alkyl halides is 1. The number of likely N-dealkylation sites (tertiary alicyclic amines) is 1. The van der Waals surface area contributed by atoms with Crippen LogP contribution >= 0.6 is 11.6 Å². The second-order valence-electron chi connectivity index (χ2n) is 5.49. The van der Waals surface area contributed by atoms with Crippen LogP contribution in [0.15, 0.2) is 0 Å². The van der Waals surface area contributed by atoms with Crippen LogP contribution in [0.3, 0.4) is 0 Å². The summed E-state index contributed by atoms with van der Waals surface area (Å²) in [6.45, 7) is 1.94. The summed E-state index contributed by atoms with van der Waals surface area (Å²) in [4.78, 5) is 14.2. The Bertz CT molecular complexity index is 436. The second kappa shape index (κ2) is 8.17. The van der Waals surface area contributed by atoms with Crippen LogP contribution in [0.2, 0.25) is 0 Å². The Labute approximate surface area is 131 Å². The molecule has 1 heterocycles. The van der Waals surface area contributed by atoms with Crippen molar-refractivity contribution in [1.82, 2.24) is 14.1 Å². The van der Waals surface area contributed by atoms with Gasteiger partial charge < -0.3 is 14.9 Å². The Morgan fingerprint density at radius 3 is 2.29 bits per heavy atom. The minimum Gasteiger partial charge on any atom is -0.465 e. The molecule has 1 fully saturated rings. The molecule has 0 aliphatic carbocycles. The summed E-state index contributed by atoms with van der Waals surface area (Å²) < 4.78 is 25.7. The van der Waals surface area contributed by atoms with Crippen molar-refractivity contribution in [1.29, 1.82) is 0 Å². The molecule has 9 heteroatoms. The maximum atomic E-state index is 12.1. The van der Waals surface area contributed by atoms with Gasteiger partial charge in [-0.25, -0.2) is 13.2 Å². The molecule has 0 unspecified atom stereocenters. The molecule has 0 saturated carbocycles. The fourth-order valence-corrected chi connectivity index (χ4v) is 4.07. The molecule has 7 nitrogen and oxygen atoms in total. The Balaban J connectivity index is 2.67. The molecule has 0 bridgehead atoms. The topological polar surface area (TPSA) is 81.2 Å². The summed E-state index contributed by atoms with van der Waals surface area (Å²) in [6, 6.07) is -0.161. The molecule has 0 spiro atoms. The van der Waals surface area contributed by atoms with Crippen LogP contribution in [0.1, 0.15) is 19.3 Å². The van der Waals surface area contributed by atoms with Crippen molar-refractivity contribution in [3.05, 3.63) is 0 Å². The zero-order valence-corrected chi connectivity index (χ0v) is 14.1. The van der Waals surface area contributed by atoms with Crippen molar-refractivity contribution in [2.45, 2.75) is 25.3 Å². The molecule has 21 heavy (non-hydrogen) atoms. The lowest BCUT2D eigenvalue weighted by atomic mass is 10.1. The van der Waals surface area contributed by atoms with Crippen LogP contribution in [-0.2, 0) is 10.0 Å². The van der Waals surface area contributed by atoms with Crippen LogP contribution < -0.4 is 0 Å². The van der Waals surface area contributed by atoms with Gasteiger partial charge in [0.2, 0.25) is 10.0 Å². The van der Waals surface area contributed by atoms with Crippen LogP contribution in [0.5, 0.6) is 0 Å². The fourth-order valence-electron chi connectivity index (χ4n) is 2.50. The van der Waals surface area contributed by atoms with E-state index < -0.39 is 21.3 Å². The predicted octanol–water partition coefficient (Wildman–Crippen LogP) is 0.909. The Kier molecular flexibility index (Phi) is 7.19. The van der Waals surface area contributed by atoms with Crippen molar-refractivity contribution >= 4 is 27.7 Å². The largest absolute Gasteiger partial charge is 0.465 e. The lowest BCUT2D eigenvalue weighted by Crippen LogP contribution is -2.49. The number of amides is 1. The van der Waals surface area contributed by atoms with E-state index in [1.807, 2.05) is 19.0 Å². The molecular formula is C12H24ClN3O4S. The normalized spacial score (nSPS) is 17.7. The van der Waals surface area contributed by atoms with Gasteiger partial charge in [0.05, 0.1) is 0 Å². The average molecular weight is 342 g/mol. The van der Waals surface area contributed by atoms with Gasteiger partial charge in [-0.1, -0.05) is 0 Å². The van der Waals surface area contributed by atoms with E-state index in [1.165, 1.54) is 9.21 Å². The third-order valence-electron chi connectivity index (χ3n) is 3.62. The summed E-state index contributed by atoms with van der Waals surface area (Å²) in [7, 11) is 0.391. The minimum atomic E-state index is -3.48. The van der Waals surface area contributed by atoms with Crippen LogP contribution in [0, 0.1) is 0 Å². The highest BCUT2D eigenvalue weighted by molar-refractivity contribution is 7.90. The number of nitrogens with zero attached hydrogens (tertiary/aromatic N) is 3. The number of carbonyl (C=O) groups is 1. The quantitative estimate of drug-likeness (QED) is 0.696. The first kappa shape index (κ1) is 18.5. The van der Waals surface area contributed by atoms with Crippen molar-refractivity contribution in [2.75, 3.05) is 45.5 Å². The van der Waals surface area contributed by atoms with Gasteiger partial charge in [-0.15, -0.1) is 11.6 Å². The fraction of sp³-hybridized carbons (Fsp3) is 0.917. The van der Waals surface area contributed by atoms with Crippen molar-refractivity contribution < 1.29 is 18.3 Å². The van der Waals surface area contributed by atoms with Crippen LogP contribution in [0.25, 0.3) is 0 Å². The standard InChI is InChI=1S/C12H24ClN3O4S/c1-14(2)6-3-7-16(21(19,20)10-13)11-4-8-15(9-5-11)12(17)18/h11H,3-10H2,1-2H3,(H,17,18). The Morgan fingerprint density at radius 1 is 1.29 bits per heavy atom. The van der Waals surface area contributed by atoms with E-state index >= 15 is 0 Å². The molecule has 0 aromatic heterocycles. The maximum absolute atomic E-state index is 12.1. The van der Waals surface area contributed by atoms with E-state index in [0.717, 1.165) is 13.0 Å². The number of hydrogen-bond acceptors (Lipinski definition) is 4. The van der Waals surface area contributed by atoms with Gasteiger partial charge in [0.25, 0.3) is 0 Å². The first-order valence-electron chi connectivity index (χ1n) is 6.96. The third kappa shape index (κ3) is 5.61. The van der Waals surface area contributed by atoms with Crippen molar-refractivity contribution in [3.63, 3.8) is 0 Å². The minimum absolute atomic E-state index is 0.161. The lowest BCUT2D eigenvalue weighted by Gasteiger charge is -2.36. The summed E-state index contributed by atoms with van der Waals surface area (Å²) >= 11 is 5.58. The van der Waals surface area contributed by atoms with E-state index in [9.17, 15) is 13.2 Å². The molecular weight excluding hydrogens is 318 g/mol. The van der Waals surface area contributed by atoms with E-state index in [-0.39, 0.29) is 6.04 Å². The first-order chi connectivity index (χ1) is 9.77. The van der Waals surface area contributed by atoms with Crippen molar-refractivity contribution in [3.8, 4) is 0 Å². The van der Waals surface area contributed by atoms with Gasteiger partial charge in [0, 0.05) is 25.7 Å². The monoisotopic (exact) mass is 341 g/mol. The van der Waals surface area contributed by atoms with Crippen molar-refractivity contribution in [2.24, 2.45) is 0 Å². The van der Waals surface area contributed by atoms with Gasteiger partial charge in [-0.05, 0) is 39.9 Å². The molecule has 1 aliphatic rings. The van der Waals surface area contributed by atoms with E-state index in [2.05, 4.69) is 0 Å². The smallest absolute Gasteiger partial charge is 0.407 e. The zero-order chi connectivity index (χ0) is 16.0. The van der Waals surface area contributed by atoms with Gasteiger partial charge in [0.1, 0.15) is 5.21 Å². The molecule has 0 aromatic rings. The molecule has 1 rings (SSSR count). The summed E-state index contributed by atoms with van der Waals surface area (Å²) in [6.07, 6.45) is 0.810. The van der Waals surface area contributed by atoms with Crippen LogP contribution in [0.4, 0.5) is 4.79 Å². The molecule has 1 aliphatic heterocycles. The van der Waals surface area contributed by atoms with E-state index in [1.54, 1.807) is 0 Å². The first-order valence-corrected chi connectivity index (χ1v) is 9.10. The number of hydrogen-bond donors (Lipinski definition) is 1. The third-order valence-corrected chi connectivity index (χ3v) is 5.92. The Hall–Kier alpha value is -0.570.